The van der Waals surface area contributed by atoms with Gasteiger partial charge < -0.3 is 14.1 Å². The topological polar surface area (TPSA) is 55.6 Å². The van der Waals surface area contributed by atoms with Gasteiger partial charge in [-0.15, -0.1) is 0 Å². The zero-order valence-corrected chi connectivity index (χ0v) is 12.0. The molecule has 1 aliphatic heterocycles. The van der Waals surface area contributed by atoms with Crippen molar-refractivity contribution in [2.45, 2.75) is 19.3 Å². The van der Waals surface area contributed by atoms with Crippen molar-refractivity contribution in [3.63, 3.8) is 0 Å². The summed E-state index contributed by atoms with van der Waals surface area (Å²) in [6, 6.07) is 7.59. The molecule has 1 saturated heterocycles. The lowest BCUT2D eigenvalue weighted by molar-refractivity contribution is -0.129. The molecule has 1 aliphatic rings. The molecule has 2 aromatic rings. The van der Waals surface area contributed by atoms with Gasteiger partial charge in [-0.1, -0.05) is 0 Å². The zero-order chi connectivity index (χ0) is 14.7. The lowest BCUT2D eigenvalue weighted by Gasteiger charge is -2.13. The van der Waals surface area contributed by atoms with Crippen LogP contribution in [-0.2, 0) is 11.2 Å². The van der Waals surface area contributed by atoms with Crippen LogP contribution >= 0.6 is 0 Å². The van der Waals surface area contributed by atoms with Crippen molar-refractivity contribution in [2.75, 3.05) is 20.2 Å². The van der Waals surface area contributed by atoms with E-state index in [0.717, 1.165) is 42.9 Å². The fraction of sp³-hybridized carbons (Fsp3) is 0.375. The molecule has 5 nitrogen and oxygen atoms in total. The predicted molar refractivity (Wildman–Crippen MR) is 78.0 cm³/mol. The third-order valence-corrected chi connectivity index (χ3v) is 3.70. The minimum Gasteiger partial charge on any atom is -0.497 e. The Hall–Kier alpha value is -2.30. The van der Waals surface area contributed by atoms with E-state index < -0.39 is 0 Å². The van der Waals surface area contributed by atoms with Gasteiger partial charge in [-0.25, -0.2) is 4.98 Å². The van der Waals surface area contributed by atoms with Gasteiger partial charge in [0.2, 0.25) is 11.8 Å². The van der Waals surface area contributed by atoms with Crippen LogP contribution in [0.4, 0.5) is 0 Å². The van der Waals surface area contributed by atoms with Gasteiger partial charge in [-0.2, -0.15) is 0 Å². The largest absolute Gasteiger partial charge is 0.497 e. The van der Waals surface area contributed by atoms with Gasteiger partial charge in [0, 0.05) is 18.7 Å². The molecule has 0 aliphatic carbocycles. The highest BCUT2D eigenvalue weighted by Crippen LogP contribution is 2.22. The van der Waals surface area contributed by atoms with Crippen LogP contribution in [0, 0.1) is 0 Å². The summed E-state index contributed by atoms with van der Waals surface area (Å²) in [6.45, 7) is 1.70. The second-order valence-corrected chi connectivity index (χ2v) is 5.12. The van der Waals surface area contributed by atoms with Crippen molar-refractivity contribution in [3.8, 4) is 17.0 Å². The number of nitrogens with zero attached hydrogens (tertiary/aromatic N) is 2. The summed E-state index contributed by atoms with van der Waals surface area (Å²) in [4.78, 5) is 18.3. The van der Waals surface area contributed by atoms with Crippen molar-refractivity contribution in [1.82, 2.24) is 9.88 Å². The Labute approximate surface area is 123 Å². The highest BCUT2D eigenvalue weighted by atomic mass is 16.5. The number of aromatic nitrogens is 1. The maximum absolute atomic E-state index is 12.1. The first-order valence-electron chi connectivity index (χ1n) is 7.13. The van der Waals surface area contributed by atoms with Gasteiger partial charge in [0.1, 0.15) is 24.1 Å². The maximum Gasteiger partial charge on any atom is 0.231 e. The van der Waals surface area contributed by atoms with E-state index in [9.17, 15) is 4.79 Å². The van der Waals surface area contributed by atoms with E-state index in [2.05, 4.69) is 4.98 Å². The molecule has 0 spiro atoms. The molecule has 0 unspecified atom stereocenters. The van der Waals surface area contributed by atoms with Crippen molar-refractivity contribution >= 4 is 5.91 Å². The monoisotopic (exact) mass is 286 g/mol. The number of methoxy groups -OCH3 is 1. The number of likely N-dealkylation sites (tertiary alicyclic amines) is 1. The molecule has 1 fully saturated rings. The van der Waals surface area contributed by atoms with Crippen LogP contribution in [0.15, 0.2) is 34.9 Å². The van der Waals surface area contributed by atoms with Gasteiger partial charge in [-0.05, 0) is 37.1 Å². The third kappa shape index (κ3) is 3.07. The van der Waals surface area contributed by atoms with E-state index in [1.165, 1.54) is 0 Å². The smallest absolute Gasteiger partial charge is 0.231 e. The molecular formula is C16H18N2O3. The van der Waals surface area contributed by atoms with E-state index in [0.29, 0.717) is 5.89 Å². The maximum atomic E-state index is 12.1. The number of oxazole rings is 1. The average molecular weight is 286 g/mol. The average Bonchev–Trinajstić information content (AvgIpc) is 3.19. The third-order valence-electron chi connectivity index (χ3n) is 3.70. The molecule has 0 saturated carbocycles. The van der Waals surface area contributed by atoms with Crippen LogP contribution in [0.1, 0.15) is 18.7 Å². The number of benzene rings is 1. The zero-order valence-electron chi connectivity index (χ0n) is 12.0. The minimum absolute atomic E-state index is 0.0932. The molecule has 0 bridgehead atoms. The Morgan fingerprint density at radius 2 is 2.00 bits per heavy atom. The highest BCUT2D eigenvalue weighted by Gasteiger charge is 2.20. The molecular weight excluding hydrogens is 268 g/mol. The summed E-state index contributed by atoms with van der Waals surface area (Å²) in [5, 5.41) is 0. The summed E-state index contributed by atoms with van der Waals surface area (Å²) in [6.07, 6.45) is 4.01. The Bertz CT molecular complexity index is 613. The summed E-state index contributed by atoms with van der Waals surface area (Å²) in [5.74, 6) is 1.36. The van der Waals surface area contributed by atoms with Crippen molar-refractivity contribution in [1.29, 1.82) is 0 Å². The number of amides is 1. The van der Waals surface area contributed by atoms with E-state index in [1.807, 2.05) is 29.2 Å². The van der Waals surface area contributed by atoms with E-state index in [4.69, 9.17) is 9.15 Å². The van der Waals surface area contributed by atoms with Crippen molar-refractivity contribution in [3.05, 3.63) is 36.4 Å². The number of rotatable bonds is 4. The lowest BCUT2D eigenvalue weighted by atomic mass is 10.2. The highest BCUT2D eigenvalue weighted by molar-refractivity contribution is 5.78. The second-order valence-electron chi connectivity index (χ2n) is 5.12. The van der Waals surface area contributed by atoms with Crippen LogP contribution in [0.2, 0.25) is 0 Å². The molecule has 0 radical (unpaired) electrons. The summed E-state index contributed by atoms with van der Waals surface area (Å²) in [7, 11) is 1.63. The van der Waals surface area contributed by atoms with Crippen molar-refractivity contribution in [2.24, 2.45) is 0 Å². The minimum atomic E-state index is 0.0932. The molecule has 1 aromatic heterocycles. The van der Waals surface area contributed by atoms with Gasteiger partial charge >= 0.3 is 0 Å². The van der Waals surface area contributed by atoms with Crippen LogP contribution in [0.25, 0.3) is 11.3 Å². The molecule has 0 N–H and O–H groups in total. The number of hydrogen-bond acceptors (Lipinski definition) is 4. The van der Waals surface area contributed by atoms with Gasteiger partial charge in [0.05, 0.1) is 7.11 Å². The van der Waals surface area contributed by atoms with Crippen LogP contribution < -0.4 is 4.74 Å². The van der Waals surface area contributed by atoms with E-state index >= 15 is 0 Å². The fourth-order valence-corrected chi connectivity index (χ4v) is 2.49. The number of hydrogen-bond donors (Lipinski definition) is 0. The van der Waals surface area contributed by atoms with Crippen LogP contribution in [0.5, 0.6) is 5.75 Å². The molecule has 3 rings (SSSR count). The predicted octanol–water partition coefficient (Wildman–Crippen LogP) is 2.52. The molecule has 110 valence electrons. The first-order valence-corrected chi connectivity index (χ1v) is 7.13. The number of carbonyl (C=O) groups excluding carboxylic acids is 1. The van der Waals surface area contributed by atoms with Gasteiger partial charge in [0.15, 0.2) is 0 Å². The van der Waals surface area contributed by atoms with E-state index in [1.54, 1.807) is 13.4 Å². The second kappa shape index (κ2) is 5.99. The Morgan fingerprint density at radius 3 is 2.67 bits per heavy atom. The molecule has 5 heteroatoms. The standard InChI is InChI=1S/C16H18N2O3/c1-20-13-6-4-12(5-7-13)14-11-21-15(17-14)10-16(19)18-8-2-3-9-18/h4-7,11H,2-3,8-10H2,1H3. The van der Waals surface area contributed by atoms with Gasteiger partial charge in [0.25, 0.3) is 0 Å². The summed E-state index contributed by atoms with van der Waals surface area (Å²) >= 11 is 0. The van der Waals surface area contributed by atoms with E-state index in [-0.39, 0.29) is 12.3 Å². The Balaban J connectivity index is 1.68. The van der Waals surface area contributed by atoms with Crippen LogP contribution in [-0.4, -0.2) is 36.0 Å². The summed E-state index contributed by atoms with van der Waals surface area (Å²) in [5.41, 5.74) is 1.68. The van der Waals surface area contributed by atoms with Crippen LogP contribution in [0.3, 0.4) is 0 Å². The number of carbonyl (C=O) groups is 1. The first-order chi connectivity index (χ1) is 10.3. The first kappa shape index (κ1) is 13.7. The SMILES string of the molecule is COc1ccc(-c2coc(CC(=O)N3CCCC3)n2)cc1. The molecule has 0 atom stereocenters. The van der Waals surface area contributed by atoms with Gasteiger partial charge in [-0.3, -0.25) is 4.79 Å². The normalized spacial score (nSPS) is 14.4. The molecule has 1 aromatic carbocycles. The van der Waals surface area contributed by atoms with Crippen molar-refractivity contribution < 1.29 is 13.9 Å². The summed E-state index contributed by atoms with van der Waals surface area (Å²) < 4.78 is 10.5. The fourth-order valence-electron chi connectivity index (χ4n) is 2.49. The Morgan fingerprint density at radius 1 is 1.29 bits per heavy atom. The molecule has 1 amide bonds. The Kier molecular flexibility index (Phi) is 3.90. The number of ether oxygens (including phenoxy) is 1. The quantitative estimate of drug-likeness (QED) is 0.866. The lowest BCUT2D eigenvalue weighted by Crippen LogP contribution is -2.29. The molecule has 21 heavy (non-hydrogen) atoms. The molecule has 2 heterocycles.